The molecule has 0 radical (unpaired) electrons. The number of terminal acetylenes is 1. The van der Waals surface area contributed by atoms with Crippen LogP contribution in [0.15, 0.2) is 0 Å². The quantitative estimate of drug-likeness (QED) is 0.0700. The van der Waals surface area contributed by atoms with Crippen molar-refractivity contribution < 1.29 is 61.6 Å². The highest BCUT2D eigenvalue weighted by Crippen LogP contribution is 1.98. The molecule has 0 heterocycles. The lowest BCUT2D eigenvalue weighted by Crippen LogP contribution is -2.15. The zero-order chi connectivity index (χ0) is 33.1. The van der Waals surface area contributed by atoms with E-state index in [0.717, 1.165) is 13.0 Å². The van der Waals surface area contributed by atoms with Crippen LogP contribution in [0.5, 0.6) is 0 Å². The van der Waals surface area contributed by atoms with Gasteiger partial charge in [0, 0.05) is 6.61 Å². The fourth-order valence-corrected chi connectivity index (χ4v) is 3.40. The minimum atomic E-state index is 0.308. The van der Waals surface area contributed by atoms with Crippen LogP contribution in [0, 0.1) is 12.3 Å². The molecule has 0 N–H and O–H groups in total. The van der Waals surface area contributed by atoms with Gasteiger partial charge in [-0.1, -0.05) is 32.1 Å². The number of rotatable bonds is 42. The average Bonchev–Trinajstić information content (AvgIpc) is 3.07. The molecular weight excluding hydrogens is 604 g/mol. The first-order valence-corrected chi connectivity index (χ1v) is 16.9. The third-order valence-electron chi connectivity index (χ3n) is 5.79. The van der Waals surface area contributed by atoms with Gasteiger partial charge in [0.15, 0.2) is 0 Å². The van der Waals surface area contributed by atoms with Crippen molar-refractivity contribution in [2.24, 2.45) is 0 Å². The summed E-state index contributed by atoms with van der Waals surface area (Å²) in [6.07, 6.45) is 9.97. The first kappa shape index (κ1) is 45.0. The summed E-state index contributed by atoms with van der Waals surface area (Å²) < 4.78 is 70.6. The predicted octanol–water partition coefficient (Wildman–Crippen LogP) is 2.42. The molecule has 0 aliphatic carbocycles. The van der Waals surface area contributed by atoms with Crippen LogP contribution in [0.4, 0.5) is 0 Å². The standard InChI is InChI=1S/C33H64O13/c1-3-5-6-7-9-35-11-13-37-15-17-39-19-21-41-23-25-43-27-29-45-31-33-46-32-30-44-28-26-42-24-22-40-20-18-38-16-14-36-12-10-34-8-4-2/h2H,3,5-33H2,1H3. The van der Waals surface area contributed by atoms with Crippen molar-refractivity contribution in [3.63, 3.8) is 0 Å². The van der Waals surface area contributed by atoms with Gasteiger partial charge in [0.1, 0.15) is 6.61 Å². The Bertz CT molecular complexity index is 580. The molecule has 13 heteroatoms. The molecule has 0 amide bonds. The van der Waals surface area contributed by atoms with Gasteiger partial charge in [-0.15, -0.1) is 6.42 Å². The van der Waals surface area contributed by atoms with Crippen LogP contribution in [-0.4, -0.2) is 172 Å². The molecule has 0 aliphatic heterocycles. The fourth-order valence-electron chi connectivity index (χ4n) is 3.40. The van der Waals surface area contributed by atoms with E-state index < -0.39 is 0 Å². The molecule has 0 bridgehead atoms. The summed E-state index contributed by atoms with van der Waals surface area (Å²) >= 11 is 0. The zero-order valence-corrected chi connectivity index (χ0v) is 28.6. The second-order valence-corrected chi connectivity index (χ2v) is 9.67. The minimum absolute atomic E-state index is 0.308. The highest BCUT2D eigenvalue weighted by molar-refractivity contribution is 4.82. The van der Waals surface area contributed by atoms with Gasteiger partial charge in [0.2, 0.25) is 0 Å². The fraction of sp³-hybridized carbons (Fsp3) is 0.939. The number of ether oxygens (including phenoxy) is 13. The van der Waals surface area contributed by atoms with Crippen molar-refractivity contribution in [3.8, 4) is 12.3 Å². The van der Waals surface area contributed by atoms with Gasteiger partial charge in [0.25, 0.3) is 0 Å². The van der Waals surface area contributed by atoms with E-state index in [4.69, 9.17) is 68.0 Å². The molecule has 0 saturated heterocycles. The Kier molecular flexibility index (Phi) is 43.1. The second kappa shape index (κ2) is 44.0. The number of unbranched alkanes of at least 4 members (excludes halogenated alkanes) is 3. The smallest absolute Gasteiger partial charge is 0.107 e. The van der Waals surface area contributed by atoms with Crippen LogP contribution >= 0.6 is 0 Å². The largest absolute Gasteiger partial charge is 0.379 e. The molecule has 274 valence electrons. The van der Waals surface area contributed by atoms with Crippen molar-refractivity contribution in [1.29, 1.82) is 0 Å². The van der Waals surface area contributed by atoms with Crippen molar-refractivity contribution in [1.82, 2.24) is 0 Å². The summed E-state index contributed by atoms with van der Waals surface area (Å²) in [4.78, 5) is 0. The first-order valence-electron chi connectivity index (χ1n) is 16.9. The second-order valence-electron chi connectivity index (χ2n) is 9.67. The molecule has 0 aliphatic rings. The van der Waals surface area contributed by atoms with Gasteiger partial charge in [-0.25, -0.2) is 0 Å². The molecule has 0 fully saturated rings. The van der Waals surface area contributed by atoms with E-state index in [1.807, 2.05) is 0 Å². The van der Waals surface area contributed by atoms with Gasteiger partial charge in [-0.3, -0.25) is 0 Å². The van der Waals surface area contributed by atoms with Crippen LogP contribution in [0.25, 0.3) is 0 Å². The lowest BCUT2D eigenvalue weighted by molar-refractivity contribution is -0.0289. The predicted molar refractivity (Wildman–Crippen MR) is 174 cm³/mol. The summed E-state index contributed by atoms with van der Waals surface area (Å²) in [6, 6.07) is 0. The lowest BCUT2D eigenvalue weighted by atomic mass is 10.2. The van der Waals surface area contributed by atoms with Crippen molar-refractivity contribution in [2.45, 2.75) is 32.6 Å². The van der Waals surface area contributed by atoms with Gasteiger partial charge >= 0.3 is 0 Å². The SMILES string of the molecule is C#CCOCCOCCOCCOCCOCCOCCOCCOCCOCCOCCOCCOCCOCCCCCC. The third kappa shape index (κ3) is 43.0. The van der Waals surface area contributed by atoms with Gasteiger partial charge in [-0.05, 0) is 6.42 Å². The maximum atomic E-state index is 5.53. The molecule has 0 aromatic carbocycles. The molecule has 0 saturated carbocycles. The summed E-state index contributed by atoms with van der Waals surface area (Å²) in [6.45, 7) is 16.0. The molecule has 0 unspecified atom stereocenters. The van der Waals surface area contributed by atoms with Crippen molar-refractivity contribution in [2.75, 3.05) is 172 Å². The van der Waals surface area contributed by atoms with Crippen molar-refractivity contribution in [3.05, 3.63) is 0 Å². The third-order valence-corrected chi connectivity index (χ3v) is 5.79. The van der Waals surface area contributed by atoms with Crippen molar-refractivity contribution >= 4 is 0 Å². The van der Waals surface area contributed by atoms with Crippen LogP contribution in [0.2, 0.25) is 0 Å². The number of hydrogen-bond acceptors (Lipinski definition) is 13. The van der Waals surface area contributed by atoms with E-state index in [9.17, 15) is 0 Å². The van der Waals surface area contributed by atoms with Crippen LogP contribution in [0.3, 0.4) is 0 Å². The average molecular weight is 669 g/mol. The highest BCUT2D eigenvalue weighted by atomic mass is 16.6. The Morgan fingerprint density at radius 3 is 0.717 bits per heavy atom. The van der Waals surface area contributed by atoms with Crippen LogP contribution < -0.4 is 0 Å². The molecule has 0 spiro atoms. The molecule has 0 atom stereocenters. The molecule has 0 aromatic rings. The molecule has 0 aromatic heterocycles. The van der Waals surface area contributed by atoms with Gasteiger partial charge in [-0.2, -0.15) is 0 Å². The Labute approximate surface area is 278 Å². The summed E-state index contributed by atoms with van der Waals surface area (Å²) in [5.41, 5.74) is 0. The first-order chi connectivity index (χ1) is 22.9. The zero-order valence-electron chi connectivity index (χ0n) is 28.6. The molecule has 46 heavy (non-hydrogen) atoms. The maximum absolute atomic E-state index is 5.53. The Balaban J connectivity index is 3.03. The minimum Gasteiger partial charge on any atom is -0.379 e. The Hall–Kier alpha value is -0.960. The molecular formula is C33H64O13. The monoisotopic (exact) mass is 668 g/mol. The lowest BCUT2D eigenvalue weighted by Gasteiger charge is -2.09. The highest BCUT2D eigenvalue weighted by Gasteiger charge is 1.97. The van der Waals surface area contributed by atoms with E-state index in [1.54, 1.807) is 0 Å². The Morgan fingerprint density at radius 1 is 0.283 bits per heavy atom. The summed E-state index contributed by atoms with van der Waals surface area (Å²) in [5.74, 6) is 2.40. The topological polar surface area (TPSA) is 120 Å². The molecule has 0 rings (SSSR count). The van der Waals surface area contributed by atoms with E-state index in [1.165, 1.54) is 19.3 Å². The molecule has 13 nitrogen and oxygen atoms in total. The normalized spacial score (nSPS) is 11.4. The summed E-state index contributed by atoms with van der Waals surface area (Å²) in [7, 11) is 0. The van der Waals surface area contributed by atoms with E-state index in [0.29, 0.717) is 165 Å². The maximum Gasteiger partial charge on any atom is 0.107 e. The van der Waals surface area contributed by atoms with Crippen LogP contribution in [0.1, 0.15) is 32.6 Å². The summed E-state index contributed by atoms with van der Waals surface area (Å²) in [5, 5.41) is 0. The van der Waals surface area contributed by atoms with E-state index >= 15 is 0 Å². The van der Waals surface area contributed by atoms with Crippen LogP contribution in [-0.2, 0) is 61.6 Å². The van der Waals surface area contributed by atoms with Gasteiger partial charge in [0.05, 0.1) is 159 Å². The van der Waals surface area contributed by atoms with E-state index in [2.05, 4.69) is 12.8 Å². The van der Waals surface area contributed by atoms with E-state index in [-0.39, 0.29) is 0 Å². The number of hydrogen-bond donors (Lipinski definition) is 0. The Morgan fingerprint density at radius 2 is 0.500 bits per heavy atom. The van der Waals surface area contributed by atoms with Gasteiger partial charge < -0.3 is 61.6 Å².